The molecular formula is C48H57N7O6. The number of ether oxygens (including phenoxy) is 3. The summed E-state index contributed by atoms with van der Waals surface area (Å²) in [7, 11) is 1.32. The first kappa shape index (κ1) is 40.9. The van der Waals surface area contributed by atoms with Gasteiger partial charge in [0.25, 0.3) is 0 Å². The van der Waals surface area contributed by atoms with Crippen LogP contribution in [-0.4, -0.2) is 100 Å². The molecule has 13 heteroatoms. The van der Waals surface area contributed by atoms with Gasteiger partial charge in [-0.25, -0.2) is 14.8 Å². The van der Waals surface area contributed by atoms with Gasteiger partial charge in [-0.05, 0) is 116 Å². The maximum Gasteiger partial charge on any atom is 0.407 e. The molecule has 4 fully saturated rings. The van der Waals surface area contributed by atoms with Gasteiger partial charge in [0, 0.05) is 51.5 Å². The van der Waals surface area contributed by atoms with Crippen molar-refractivity contribution in [2.24, 2.45) is 11.8 Å². The van der Waals surface area contributed by atoms with Crippen LogP contribution in [0.4, 0.5) is 4.79 Å². The number of hydrogen-bond donors (Lipinski definition) is 3. The number of aromatic nitrogens is 4. The zero-order valence-electron chi connectivity index (χ0n) is 35.1. The third-order valence-corrected chi connectivity index (χ3v) is 13.4. The molecule has 4 saturated heterocycles. The number of alkyl carbamates (subject to hydrolysis) is 1. The molecule has 5 aromatic rings. The monoisotopic (exact) mass is 827 g/mol. The predicted octanol–water partition coefficient (Wildman–Crippen LogP) is 8.36. The Hall–Kier alpha value is -5.53. The first-order chi connectivity index (χ1) is 29.9. The first-order valence-corrected chi connectivity index (χ1v) is 22.3. The van der Waals surface area contributed by atoms with Crippen LogP contribution in [0.5, 0.6) is 0 Å². The first-order valence-electron chi connectivity index (χ1n) is 22.3. The van der Waals surface area contributed by atoms with E-state index in [4.69, 9.17) is 24.2 Å². The van der Waals surface area contributed by atoms with Crippen molar-refractivity contribution in [3.63, 3.8) is 0 Å². The zero-order valence-corrected chi connectivity index (χ0v) is 35.1. The lowest BCUT2D eigenvalue weighted by Crippen LogP contribution is -2.55. The van der Waals surface area contributed by atoms with Gasteiger partial charge in [0.2, 0.25) is 11.8 Å². The van der Waals surface area contributed by atoms with Gasteiger partial charge < -0.3 is 39.3 Å². The van der Waals surface area contributed by atoms with Crippen LogP contribution >= 0.6 is 0 Å². The van der Waals surface area contributed by atoms with Crippen molar-refractivity contribution in [2.45, 2.75) is 88.8 Å². The number of carbonyl (C=O) groups excluding carboxylic acids is 3. The highest BCUT2D eigenvalue weighted by atomic mass is 16.5. The summed E-state index contributed by atoms with van der Waals surface area (Å²) in [5, 5.41) is 5.13. The SMILES string of the molecule is COC(=O)N[C@H](C(=O)N1CCCC[C@H]1c1ncc(-c2ccc(-c3ccc4cc(-c5cnc([C@@H]6CCCCN6C(=O)CC6CCOCC6)[nH]5)ccc4c3)cc2)[nH]1)C1CCOCC1. The molecule has 4 aliphatic rings. The standard InChI is InChI=1S/C48H57N7O6/c1-59-48(58)53-44(34-18-24-61-25-19-34)47(57)55-21-5-3-7-42(55)46-49-29-39(51-46)33-10-8-32(9-11-33)35-12-13-37-28-38(15-14-36(37)27-35)40-30-50-45(52-40)41-6-2-4-20-54(41)43(56)26-31-16-22-60-23-17-31/h8-15,27-31,34,41-42,44H,2-7,16-26H2,1H3,(H,49,51)(H,50,52)(H,53,58)/t41-,42-,44-/m0/s1. The molecule has 0 spiro atoms. The molecule has 3 amide bonds. The lowest BCUT2D eigenvalue weighted by atomic mass is 9.89. The molecular weight excluding hydrogens is 771 g/mol. The van der Waals surface area contributed by atoms with Gasteiger partial charge in [-0.1, -0.05) is 48.5 Å². The highest BCUT2D eigenvalue weighted by Gasteiger charge is 2.39. The number of nitrogens with zero attached hydrogens (tertiary/aromatic N) is 4. The van der Waals surface area contributed by atoms with E-state index in [0.29, 0.717) is 44.9 Å². The summed E-state index contributed by atoms with van der Waals surface area (Å²) in [6.07, 6.45) is 12.8. The average molecular weight is 828 g/mol. The third kappa shape index (κ3) is 9.09. The third-order valence-electron chi connectivity index (χ3n) is 13.4. The van der Waals surface area contributed by atoms with Gasteiger partial charge in [0.1, 0.15) is 17.7 Å². The van der Waals surface area contributed by atoms with E-state index in [2.05, 4.69) is 80.8 Å². The molecule has 0 saturated carbocycles. The Morgan fingerprint density at radius 1 is 0.689 bits per heavy atom. The minimum atomic E-state index is -0.676. The largest absolute Gasteiger partial charge is 0.453 e. The second kappa shape index (κ2) is 18.6. The van der Waals surface area contributed by atoms with E-state index in [1.165, 1.54) is 7.11 Å². The fourth-order valence-electron chi connectivity index (χ4n) is 9.84. The van der Waals surface area contributed by atoms with Gasteiger partial charge >= 0.3 is 6.09 Å². The van der Waals surface area contributed by atoms with Crippen LogP contribution in [0.1, 0.15) is 94.4 Å². The van der Waals surface area contributed by atoms with Crippen LogP contribution < -0.4 is 5.32 Å². The molecule has 320 valence electrons. The second-order valence-electron chi connectivity index (χ2n) is 17.2. The van der Waals surface area contributed by atoms with Gasteiger partial charge in [0.05, 0.1) is 43.0 Å². The lowest BCUT2D eigenvalue weighted by molar-refractivity contribution is -0.140. The number of carbonyl (C=O) groups is 3. The van der Waals surface area contributed by atoms with Crippen molar-refractivity contribution in [3.8, 4) is 33.6 Å². The Kier molecular flexibility index (Phi) is 12.5. The molecule has 4 aliphatic heterocycles. The molecule has 6 heterocycles. The molecule has 61 heavy (non-hydrogen) atoms. The normalized spacial score (nSPS) is 21.0. The molecule has 13 nitrogen and oxygen atoms in total. The Balaban J connectivity index is 0.867. The van der Waals surface area contributed by atoms with Crippen LogP contribution in [0, 0.1) is 11.8 Å². The van der Waals surface area contributed by atoms with E-state index < -0.39 is 12.1 Å². The number of H-pyrrole nitrogens is 2. The van der Waals surface area contributed by atoms with Crippen molar-refractivity contribution in [1.29, 1.82) is 0 Å². The molecule has 3 atom stereocenters. The number of nitrogens with one attached hydrogen (secondary N) is 3. The van der Waals surface area contributed by atoms with Crippen molar-refractivity contribution in [2.75, 3.05) is 46.6 Å². The number of methoxy groups -OCH3 is 1. The molecule has 3 N–H and O–H groups in total. The number of fused-ring (bicyclic) bond motifs is 1. The van der Waals surface area contributed by atoms with E-state index >= 15 is 0 Å². The average Bonchev–Trinajstić information content (AvgIpc) is 4.03. The van der Waals surface area contributed by atoms with Gasteiger partial charge in [-0.15, -0.1) is 0 Å². The summed E-state index contributed by atoms with van der Waals surface area (Å²) in [5.41, 5.74) is 6.15. The minimum absolute atomic E-state index is 0.0176. The molecule has 0 radical (unpaired) electrons. The molecule has 0 unspecified atom stereocenters. The zero-order chi connectivity index (χ0) is 41.7. The summed E-state index contributed by atoms with van der Waals surface area (Å²) >= 11 is 0. The maximum absolute atomic E-state index is 14.1. The predicted molar refractivity (Wildman–Crippen MR) is 232 cm³/mol. The number of piperidine rings is 2. The Morgan fingerprint density at radius 3 is 1.89 bits per heavy atom. The van der Waals surface area contributed by atoms with Crippen molar-refractivity contribution >= 4 is 28.7 Å². The summed E-state index contributed by atoms with van der Waals surface area (Å²) in [4.78, 5) is 60.6. The fourth-order valence-corrected chi connectivity index (χ4v) is 9.84. The maximum atomic E-state index is 14.1. The van der Waals surface area contributed by atoms with Crippen molar-refractivity contribution in [3.05, 3.63) is 84.7 Å². The highest BCUT2D eigenvalue weighted by molar-refractivity contribution is 5.91. The summed E-state index contributed by atoms with van der Waals surface area (Å²) in [5.74, 6) is 2.16. The van der Waals surface area contributed by atoms with Crippen LogP contribution in [0.3, 0.4) is 0 Å². The molecule has 0 aliphatic carbocycles. The van der Waals surface area contributed by atoms with E-state index in [1.54, 1.807) is 0 Å². The Labute approximate surface area is 357 Å². The number of hydrogen-bond acceptors (Lipinski definition) is 8. The van der Waals surface area contributed by atoms with Crippen molar-refractivity contribution in [1.82, 2.24) is 35.1 Å². The van der Waals surface area contributed by atoms with Crippen molar-refractivity contribution < 1.29 is 28.6 Å². The molecule has 2 aromatic heterocycles. The smallest absolute Gasteiger partial charge is 0.407 e. The van der Waals surface area contributed by atoms with Gasteiger partial charge in [0.15, 0.2) is 0 Å². The summed E-state index contributed by atoms with van der Waals surface area (Å²) < 4.78 is 16.0. The molecule has 9 rings (SSSR count). The quantitative estimate of drug-likeness (QED) is 0.127. The van der Waals surface area contributed by atoms with E-state index in [1.807, 2.05) is 17.3 Å². The van der Waals surface area contributed by atoms with E-state index in [9.17, 15) is 14.4 Å². The number of amides is 3. The lowest BCUT2D eigenvalue weighted by Gasteiger charge is -2.39. The molecule has 0 bridgehead atoms. The second-order valence-corrected chi connectivity index (χ2v) is 17.2. The number of imidazole rings is 2. The Bertz CT molecular complexity index is 2310. The van der Waals surface area contributed by atoms with Gasteiger partial charge in [-0.2, -0.15) is 0 Å². The minimum Gasteiger partial charge on any atom is -0.453 e. The summed E-state index contributed by atoms with van der Waals surface area (Å²) in [6.45, 7) is 4.04. The van der Waals surface area contributed by atoms with Crippen LogP contribution in [0.15, 0.2) is 73.1 Å². The number of likely N-dealkylation sites (tertiary alicyclic amines) is 2. The highest BCUT2D eigenvalue weighted by Crippen LogP contribution is 2.36. The Morgan fingerprint density at radius 2 is 1.23 bits per heavy atom. The number of benzene rings is 3. The topological polar surface area (TPSA) is 155 Å². The van der Waals surface area contributed by atoms with Gasteiger partial charge in [-0.3, -0.25) is 9.59 Å². The number of aromatic amines is 2. The van der Waals surface area contributed by atoms with Crippen LogP contribution in [0.2, 0.25) is 0 Å². The summed E-state index contributed by atoms with van der Waals surface area (Å²) in [6, 6.07) is 20.6. The van der Waals surface area contributed by atoms with E-state index in [-0.39, 0.29) is 29.8 Å². The van der Waals surface area contributed by atoms with Crippen LogP contribution in [0.25, 0.3) is 44.4 Å². The number of rotatable bonds is 10. The molecule has 3 aromatic carbocycles. The van der Waals surface area contributed by atoms with E-state index in [0.717, 1.165) is 127 Å². The van der Waals surface area contributed by atoms with Crippen LogP contribution in [-0.2, 0) is 23.8 Å². The fraction of sp³-hybridized carbons (Fsp3) is 0.479.